The number of anilines is 2. The molecule has 154 valence electrons. The zero-order valence-electron chi connectivity index (χ0n) is 16.2. The Labute approximate surface area is 179 Å². The number of aliphatic hydroxyl groups excluding tert-OH is 1. The molecule has 2 aromatic rings. The minimum Gasteiger partial charge on any atom is -0.491 e. The van der Waals surface area contributed by atoms with Gasteiger partial charge in [-0.3, -0.25) is 4.90 Å². The van der Waals surface area contributed by atoms with Gasteiger partial charge in [0.05, 0.1) is 10.7 Å². The van der Waals surface area contributed by atoms with Crippen molar-refractivity contribution >= 4 is 27.6 Å². The standard InChI is InChI=1S/C20H24BrN5O3/c1-3-28-19-18(21)12-22-20(24-19)23-15-5-4-6-17(11-15)29-14-16(27)13-26-9-7-25(2)8-10-26/h1,4-6,11-12,16,27H,7-10,13-14H2,2H3,(H,22,23,24)/t16-/m0/s1. The van der Waals surface area contributed by atoms with Crippen molar-refractivity contribution in [1.29, 1.82) is 0 Å². The van der Waals surface area contributed by atoms with Crippen LogP contribution < -0.4 is 14.8 Å². The van der Waals surface area contributed by atoms with Gasteiger partial charge in [0, 0.05) is 44.5 Å². The van der Waals surface area contributed by atoms with Gasteiger partial charge in [0.2, 0.25) is 11.8 Å². The zero-order chi connectivity index (χ0) is 20.6. The maximum atomic E-state index is 10.3. The van der Waals surface area contributed by atoms with Gasteiger partial charge in [-0.1, -0.05) is 12.5 Å². The molecule has 8 nitrogen and oxygen atoms in total. The maximum absolute atomic E-state index is 10.3. The number of rotatable bonds is 8. The number of ether oxygens (including phenoxy) is 2. The zero-order valence-corrected chi connectivity index (χ0v) is 17.8. The van der Waals surface area contributed by atoms with Gasteiger partial charge in [-0.25, -0.2) is 4.98 Å². The number of hydrogen-bond acceptors (Lipinski definition) is 8. The van der Waals surface area contributed by atoms with Crippen LogP contribution in [0.5, 0.6) is 11.6 Å². The lowest BCUT2D eigenvalue weighted by Gasteiger charge is -2.33. The summed E-state index contributed by atoms with van der Waals surface area (Å²) in [6, 6.07) is 7.36. The quantitative estimate of drug-likeness (QED) is 0.577. The summed E-state index contributed by atoms with van der Waals surface area (Å²) in [6.45, 7) is 4.80. The molecule has 1 aromatic heterocycles. The van der Waals surface area contributed by atoms with E-state index in [2.05, 4.69) is 54.2 Å². The summed E-state index contributed by atoms with van der Waals surface area (Å²) in [5.41, 5.74) is 0.741. The molecular weight excluding hydrogens is 438 g/mol. The van der Waals surface area contributed by atoms with E-state index in [1.54, 1.807) is 6.20 Å². The molecule has 1 atom stereocenters. The van der Waals surface area contributed by atoms with Crippen LogP contribution in [0.1, 0.15) is 0 Å². The highest BCUT2D eigenvalue weighted by molar-refractivity contribution is 9.10. The molecule has 1 aromatic carbocycles. The second-order valence-corrected chi connectivity index (χ2v) is 7.64. The van der Waals surface area contributed by atoms with E-state index in [1.165, 1.54) is 0 Å². The molecular formula is C20H24BrN5O3. The number of aromatic nitrogens is 2. The Morgan fingerprint density at radius 3 is 2.90 bits per heavy atom. The molecule has 3 rings (SSSR count). The average molecular weight is 462 g/mol. The first kappa shape index (κ1) is 21.3. The number of likely N-dealkylation sites (N-methyl/N-ethyl adjacent to an activating group) is 1. The number of nitrogens with zero attached hydrogens (tertiary/aromatic N) is 4. The van der Waals surface area contributed by atoms with E-state index >= 15 is 0 Å². The molecule has 0 spiro atoms. The molecule has 0 bridgehead atoms. The van der Waals surface area contributed by atoms with Crippen LogP contribution in [0.2, 0.25) is 0 Å². The van der Waals surface area contributed by atoms with Crippen LogP contribution >= 0.6 is 15.9 Å². The Morgan fingerprint density at radius 1 is 1.34 bits per heavy atom. The smallest absolute Gasteiger partial charge is 0.249 e. The summed E-state index contributed by atoms with van der Waals surface area (Å²) < 4.78 is 11.3. The third kappa shape index (κ3) is 6.58. The van der Waals surface area contributed by atoms with Crippen molar-refractivity contribution in [3.05, 3.63) is 34.9 Å². The van der Waals surface area contributed by atoms with Crippen LogP contribution in [0, 0.1) is 12.5 Å². The van der Waals surface area contributed by atoms with E-state index in [4.69, 9.17) is 15.9 Å². The number of hydrogen-bond donors (Lipinski definition) is 2. The summed E-state index contributed by atoms with van der Waals surface area (Å²) >= 11 is 3.28. The molecule has 2 N–H and O–H groups in total. The molecule has 1 aliphatic heterocycles. The number of terminal acetylenes is 1. The van der Waals surface area contributed by atoms with Crippen LogP contribution in [0.3, 0.4) is 0 Å². The number of nitrogens with one attached hydrogen (secondary N) is 1. The van der Waals surface area contributed by atoms with E-state index in [-0.39, 0.29) is 12.5 Å². The van der Waals surface area contributed by atoms with Gasteiger partial charge in [-0.2, -0.15) is 4.98 Å². The molecule has 29 heavy (non-hydrogen) atoms. The van der Waals surface area contributed by atoms with Crippen LogP contribution in [-0.4, -0.2) is 77.4 Å². The van der Waals surface area contributed by atoms with Gasteiger partial charge >= 0.3 is 0 Å². The largest absolute Gasteiger partial charge is 0.491 e. The van der Waals surface area contributed by atoms with Crippen LogP contribution in [0.4, 0.5) is 11.6 Å². The fourth-order valence-electron chi connectivity index (χ4n) is 2.91. The number of β-amino-alcohol motifs (C(OH)–C–C–N with tert-alkyl or cyclic N) is 1. The van der Waals surface area contributed by atoms with Gasteiger partial charge < -0.3 is 24.8 Å². The summed E-state index contributed by atoms with van der Waals surface area (Å²) in [4.78, 5) is 12.9. The molecule has 0 radical (unpaired) electrons. The van der Waals surface area contributed by atoms with E-state index in [9.17, 15) is 5.11 Å². The predicted molar refractivity (Wildman–Crippen MR) is 114 cm³/mol. The number of aliphatic hydroxyl groups is 1. The highest BCUT2D eigenvalue weighted by Crippen LogP contribution is 2.25. The third-order valence-corrected chi connectivity index (χ3v) is 5.01. The Morgan fingerprint density at radius 2 is 2.14 bits per heavy atom. The number of piperazine rings is 1. The number of benzene rings is 1. The van der Waals surface area contributed by atoms with Crippen LogP contribution in [-0.2, 0) is 0 Å². The van der Waals surface area contributed by atoms with Crippen molar-refractivity contribution in [2.24, 2.45) is 0 Å². The first-order valence-electron chi connectivity index (χ1n) is 9.27. The minimum atomic E-state index is -0.548. The molecule has 1 aliphatic rings. The van der Waals surface area contributed by atoms with Gasteiger partial charge in [-0.15, -0.1) is 0 Å². The van der Waals surface area contributed by atoms with Crippen LogP contribution in [0.15, 0.2) is 34.9 Å². The molecule has 1 fully saturated rings. The van der Waals surface area contributed by atoms with E-state index in [0.717, 1.165) is 31.9 Å². The van der Waals surface area contributed by atoms with E-state index in [1.807, 2.05) is 24.3 Å². The first-order valence-corrected chi connectivity index (χ1v) is 10.1. The maximum Gasteiger partial charge on any atom is 0.249 e. The molecule has 0 unspecified atom stereocenters. The summed E-state index contributed by atoms with van der Waals surface area (Å²) in [5, 5.41) is 13.4. The lowest BCUT2D eigenvalue weighted by atomic mass is 10.2. The Hall–Kier alpha value is -2.38. The fraction of sp³-hybridized carbons (Fsp3) is 0.400. The fourth-order valence-corrected chi connectivity index (χ4v) is 3.18. The highest BCUT2D eigenvalue weighted by atomic mass is 79.9. The molecule has 0 amide bonds. The highest BCUT2D eigenvalue weighted by Gasteiger charge is 2.17. The lowest BCUT2D eigenvalue weighted by Crippen LogP contribution is -2.47. The van der Waals surface area contributed by atoms with Gasteiger partial charge in [0.1, 0.15) is 24.6 Å². The molecule has 2 heterocycles. The van der Waals surface area contributed by atoms with Crippen molar-refractivity contribution in [3.63, 3.8) is 0 Å². The predicted octanol–water partition coefficient (Wildman–Crippen LogP) is 1.94. The van der Waals surface area contributed by atoms with Gasteiger partial charge in [0.25, 0.3) is 0 Å². The monoisotopic (exact) mass is 461 g/mol. The van der Waals surface area contributed by atoms with Crippen molar-refractivity contribution < 1.29 is 14.6 Å². The first-order chi connectivity index (χ1) is 14.0. The third-order valence-electron chi connectivity index (χ3n) is 4.46. The Bertz CT molecular complexity index is 852. The van der Waals surface area contributed by atoms with Crippen molar-refractivity contribution in [1.82, 2.24) is 19.8 Å². The van der Waals surface area contributed by atoms with Crippen molar-refractivity contribution in [3.8, 4) is 24.2 Å². The lowest BCUT2D eigenvalue weighted by molar-refractivity contribution is 0.0505. The molecule has 9 heteroatoms. The Kier molecular flexibility index (Phi) is 7.66. The average Bonchev–Trinajstić information content (AvgIpc) is 2.71. The number of halogens is 1. The second-order valence-electron chi connectivity index (χ2n) is 6.79. The van der Waals surface area contributed by atoms with Gasteiger partial charge in [0.15, 0.2) is 0 Å². The second kappa shape index (κ2) is 10.4. The molecule has 1 saturated heterocycles. The summed E-state index contributed by atoms with van der Waals surface area (Å²) in [5.74, 6) is 1.24. The molecule has 0 saturated carbocycles. The van der Waals surface area contributed by atoms with Crippen LogP contribution in [0.25, 0.3) is 0 Å². The normalized spacial score (nSPS) is 16.1. The van der Waals surface area contributed by atoms with E-state index in [0.29, 0.717) is 22.7 Å². The summed E-state index contributed by atoms with van der Waals surface area (Å²) in [6.07, 6.45) is 8.25. The Balaban J connectivity index is 1.53. The summed E-state index contributed by atoms with van der Waals surface area (Å²) in [7, 11) is 2.11. The van der Waals surface area contributed by atoms with E-state index < -0.39 is 6.10 Å². The van der Waals surface area contributed by atoms with Crippen molar-refractivity contribution in [2.45, 2.75) is 6.10 Å². The van der Waals surface area contributed by atoms with Gasteiger partial charge in [-0.05, 0) is 35.1 Å². The van der Waals surface area contributed by atoms with Crippen molar-refractivity contribution in [2.75, 3.05) is 51.7 Å². The SMILES string of the molecule is C#COc1nc(Nc2cccc(OC[C@@H](O)CN3CCN(C)CC3)c2)ncc1Br. The molecule has 0 aliphatic carbocycles. The topological polar surface area (TPSA) is 83.0 Å². The minimum absolute atomic E-state index is 0.227.